The van der Waals surface area contributed by atoms with Gasteiger partial charge in [0.1, 0.15) is 6.10 Å². The Morgan fingerprint density at radius 1 is 1.10 bits per heavy atom. The first-order valence-corrected chi connectivity index (χ1v) is 7.44. The van der Waals surface area contributed by atoms with E-state index in [0.717, 1.165) is 25.1 Å². The summed E-state index contributed by atoms with van der Waals surface area (Å²) in [5, 5.41) is 15.3. The second kappa shape index (κ2) is 6.23. The molecule has 0 radical (unpaired) electrons. The first kappa shape index (κ1) is 14.8. The van der Waals surface area contributed by atoms with Gasteiger partial charge in [0.15, 0.2) is 0 Å². The van der Waals surface area contributed by atoms with Gasteiger partial charge < -0.3 is 5.11 Å². The molecule has 0 saturated carbocycles. The molecule has 0 saturated heterocycles. The van der Waals surface area contributed by atoms with Crippen molar-refractivity contribution in [1.29, 1.82) is 0 Å². The van der Waals surface area contributed by atoms with E-state index in [9.17, 15) is 5.11 Å². The van der Waals surface area contributed by atoms with E-state index in [1.54, 1.807) is 6.20 Å². The number of aryl methyl sites for hydroxylation is 1. The van der Waals surface area contributed by atoms with Crippen LogP contribution >= 0.6 is 0 Å². The molecule has 1 aromatic heterocycles. The maximum Gasteiger partial charge on any atom is 0.105 e. The van der Waals surface area contributed by atoms with E-state index in [1.165, 1.54) is 5.56 Å². The van der Waals surface area contributed by atoms with Crippen molar-refractivity contribution in [3.63, 3.8) is 0 Å². The van der Waals surface area contributed by atoms with Crippen LogP contribution in [0, 0.1) is 0 Å². The summed E-state index contributed by atoms with van der Waals surface area (Å²) in [7, 11) is 0. The number of rotatable bonds is 6. The summed E-state index contributed by atoms with van der Waals surface area (Å²) in [4.78, 5) is 0. The van der Waals surface area contributed by atoms with E-state index >= 15 is 0 Å². The lowest BCUT2D eigenvalue weighted by Gasteiger charge is -2.37. The molecule has 2 rings (SSSR count). The molecule has 20 heavy (non-hydrogen) atoms. The van der Waals surface area contributed by atoms with E-state index in [2.05, 4.69) is 31.1 Å². The van der Waals surface area contributed by atoms with Crippen molar-refractivity contribution in [3.8, 4) is 0 Å². The number of benzene rings is 1. The number of aliphatic hydroxyl groups excluding tert-OH is 1. The fraction of sp³-hybridized carbons (Fsp3) is 0.471. The second-order valence-electron chi connectivity index (χ2n) is 5.20. The highest BCUT2D eigenvalue weighted by atomic mass is 16.3. The van der Waals surface area contributed by atoms with Crippen LogP contribution in [0.3, 0.4) is 0 Å². The van der Waals surface area contributed by atoms with E-state index in [4.69, 9.17) is 0 Å². The van der Waals surface area contributed by atoms with Crippen LogP contribution in [-0.2, 0) is 12.0 Å². The fourth-order valence-electron chi connectivity index (χ4n) is 3.10. The molecule has 0 spiro atoms. The van der Waals surface area contributed by atoms with Gasteiger partial charge in [0.25, 0.3) is 0 Å². The van der Waals surface area contributed by atoms with E-state index in [0.29, 0.717) is 0 Å². The Balaban J connectivity index is 2.48. The number of nitrogens with zero attached hydrogens (tertiary/aromatic N) is 2. The van der Waals surface area contributed by atoms with Gasteiger partial charge in [-0.3, -0.25) is 4.68 Å². The first-order chi connectivity index (χ1) is 9.69. The fourth-order valence-corrected chi connectivity index (χ4v) is 3.10. The normalized spacial score (nSPS) is 13.4. The van der Waals surface area contributed by atoms with Crippen molar-refractivity contribution >= 4 is 0 Å². The van der Waals surface area contributed by atoms with Crippen molar-refractivity contribution < 1.29 is 5.11 Å². The van der Waals surface area contributed by atoms with Gasteiger partial charge in [-0.2, -0.15) is 5.10 Å². The smallest absolute Gasteiger partial charge is 0.105 e. The Morgan fingerprint density at radius 2 is 1.75 bits per heavy atom. The zero-order valence-corrected chi connectivity index (χ0v) is 12.6. The van der Waals surface area contributed by atoms with Crippen LogP contribution in [0.15, 0.2) is 42.6 Å². The van der Waals surface area contributed by atoms with Crippen molar-refractivity contribution in [2.45, 2.75) is 51.7 Å². The molecular weight excluding hydrogens is 248 g/mol. The third kappa shape index (κ3) is 2.38. The predicted octanol–water partition coefficient (Wildman–Crippen LogP) is 3.69. The van der Waals surface area contributed by atoms with E-state index < -0.39 is 6.10 Å². The lowest BCUT2D eigenvalue weighted by molar-refractivity contribution is 0.0648. The Hall–Kier alpha value is -1.61. The topological polar surface area (TPSA) is 38.0 Å². The molecule has 1 heterocycles. The average Bonchev–Trinajstić information content (AvgIpc) is 2.98. The SMILES string of the molecule is CCn1nccc1C(O)C(CC)(CC)c1ccccc1. The van der Waals surface area contributed by atoms with Crippen LogP contribution in [0.5, 0.6) is 0 Å². The monoisotopic (exact) mass is 272 g/mol. The Bertz CT molecular complexity index is 529. The molecule has 0 fully saturated rings. The van der Waals surface area contributed by atoms with Crippen LogP contribution in [0.4, 0.5) is 0 Å². The standard InChI is InChI=1S/C17H24N2O/c1-4-17(5-2,14-10-8-7-9-11-14)16(20)15-12-13-18-19(15)6-3/h7-13,16,20H,4-6H2,1-3H3. The van der Waals surface area contributed by atoms with Crippen LogP contribution < -0.4 is 0 Å². The minimum atomic E-state index is -0.539. The third-order valence-electron chi connectivity index (χ3n) is 4.46. The van der Waals surface area contributed by atoms with E-state index in [1.807, 2.05) is 35.9 Å². The maximum atomic E-state index is 11.0. The van der Waals surface area contributed by atoms with Crippen molar-refractivity contribution in [1.82, 2.24) is 9.78 Å². The highest BCUT2D eigenvalue weighted by molar-refractivity contribution is 5.29. The summed E-state index contributed by atoms with van der Waals surface area (Å²) in [6, 6.07) is 12.3. The highest BCUT2D eigenvalue weighted by Gasteiger charge is 2.38. The number of hydrogen-bond donors (Lipinski definition) is 1. The van der Waals surface area contributed by atoms with Gasteiger partial charge in [0.2, 0.25) is 0 Å². The lowest BCUT2D eigenvalue weighted by atomic mass is 9.70. The summed E-state index contributed by atoms with van der Waals surface area (Å²) in [5.41, 5.74) is 1.84. The molecular formula is C17H24N2O. The first-order valence-electron chi connectivity index (χ1n) is 7.44. The second-order valence-corrected chi connectivity index (χ2v) is 5.20. The molecule has 1 aromatic carbocycles. The molecule has 3 nitrogen and oxygen atoms in total. The summed E-state index contributed by atoms with van der Waals surface area (Å²) in [5.74, 6) is 0. The van der Waals surface area contributed by atoms with Crippen molar-refractivity contribution in [3.05, 3.63) is 53.9 Å². The average molecular weight is 272 g/mol. The quantitative estimate of drug-likeness (QED) is 0.870. The van der Waals surface area contributed by atoms with Gasteiger partial charge in [-0.1, -0.05) is 44.2 Å². The van der Waals surface area contributed by atoms with Crippen molar-refractivity contribution in [2.75, 3.05) is 0 Å². The Kier molecular flexibility index (Phi) is 4.61. The summed E-state index contributed by atoms with van der Waals surface area (Å²) in [6.45, 7) is 7.11. The van der Waals surface area contributed by atoms with Gasteiger partial charge in [0.05, 0.1) is 5.69 Å². The minimum Gasteiger partial charge on any atom is -0.386 e. The summed E-state index contributed by atoms with van der Waals surface area (Å²) >= 11 is 0. The van der Waals surface area contributed by atoms with Crippen LogP contribution in [-0.4, -0.2) is 14.9 Å². The van der Waals surface area contributed by atoms with Crippen LogP contribution in [0.2, 0.25) is 0 Å². The maximum absolute atomic E-state index is 11.0. The minimum absolute atomic E-state index is 0.256. The van der Waals surface area contributed by atoms with Crippen LogP contribution in [0.1, 0.15) is 51.0 Å². The molecule has 0 aliphatic rings. The molecule has 0 bridgehead atoms. The molecule has 2 aromatic rings. The molecule has 3 heteroatoms. The molecule has 0 amide bonds. The van der Waals surface area contributed by atoms with Gasteiger partial charge in [-0.15, -0.1) is 0 Å². The van der Waals surface area contributed by atoms with Gasteiger partial charge in [-0.25, -0.2) is 0 Å². The van der Waals surface area contributed by atoms with E-state index in [-0.39, 0.29) is 5.41 Å². The number of hydrogen-bond acceptors (Lipinski definition) is 2. The van der Waals surface area contributed by atoms with Gasteiger partial charge >= 0.3 is 0 Å². The number of aromatic nitrogens is 2. The zero-order valence-electron chi connectivity index (χ0n) is 12.6. The molecule has 1 atom stereocenters. The largest absolute Gasteiger partial charge is 0.386 e. The Labute approximate surface area is 121 Å². The zero-order chi connectivity index (χ0) is 14.6. The van der Waals surface area contributed by atoms with Gasteiger partial charge in [0, 0.05) is 18.2 Å². The Morgan fingerprint density at radius 3 is 2.30 bits per heavy atom. The highest BCUT2D eigenvalue weighted by Crippen LogP contribution is 2.42. The van der Waals surface area contributed by atoms with Crippen molar-refractivity contribution in [2.24, 2.45) is 0 Å². The molecule has 1 unspecified atom stereocenters. The molecule has 0 aliphatic heterocycles. The summed E-state index contributed by atoms with van der Waals surface area (Å²) in [6.07, 6.45) is 3.01. The molecule has 108 valence electrons. The van der Waals surface area contributed by atoms with Gasteiger partial charge in [-0.05, 0) is 31.4 Å². The third-order valence-corrected chi connectivity index (χ3v) is 4.46. The summed E-state index contributed by atoms with van der Waals surface area (Å²) < 4.78 is 1.88. The predicted molar refractivity (Wildman–Crippen MR) is 81.6 cm³/mol. The molecule has 1 N–H and O–H groups in total. The molecule has 0 aliphatic carbocycles. The van der Waals surface area contributed by atoms with Crippen LogP contribution in [0.25, 0.3) is 0 Å². The number of aliphatic hydroxyl groups is 1. The lowest BCUT2D eigenvalue weighted by Crippen LogP contribution is -2.34.